The van der Waals surface area contributed by atoms with Crippen molar-refractivity contribution < 1.29 is 4.39 Å². The predicted molar refractivity (Wildman–Crippen MR) is 100 cm³/mol. The number of hydrogen-bond donors (Lipinski definition) is 1. The third-order valence-corrected chi connectivity index (χ3v) is 4.85. The molecule has 0 saturated carbocycles. The lowest BCUT2D eigenvalue weighted by atomic mass is 10.1. The van der Waals surface area contributed by atoms with Crippen LogP contribution < -0.4 is 0 Å². The number of pyridine rings is 1. The van der Waals surface area contributed by atoms with Gasteiger partial charge in [-0.05, 0) is 48.0 Å². The van der Waals surface area contributed by atoms with Crippen LogP contribution in [0.1, 0.15) is 24.3 Å². The fourth-order valence-corrected chi connectivity index (χ4v) is 3.47. The lowest BCUT2D eigenvalue weighted by Crippen LogP contribution is -1.86. The van der Waals surface area contributed by atoms with Crippen molar-refractivity contribution in [3.63, 3.8) is 0 Å². The summed E-state index contributed by atoms with van der Waals surface area (Å²) in [4.78, 5) is 6.84. The molecule has 0 bridgehead atoms. The van der Waals surface area contributed by atoms with E-state index in [0.29, 0.717) is 0 Å². The summed E-state index contributed by atoms with van der Waals surface area (Å²) in [6.45, 7) is 4.00. The van der Waals surface area contributed by atoms with Crippen LogP contribution in [0.2, 0.25) is 5.02 Å². The molecule has 2 heterocycles. The van der Waals surface area contributed by atoms with E-state index < -0.39 is 5.95 Å². The van der Waals surface area contributed by atoms with Gasteiger partial charge in [-0.15, -0.1) is 24.0 Å². The number of hydrogen-bond acceptors (Lipinski definition) is 3. The summed E-state index contributed by atoms with van der Waals surface area (Å²) in [7, 11) is 0. The van der Waals surface area contributed by atoms with Gasteiger partial charge in [0.1, 0.15) is 0 Å². The normalized spacial score (nSPS) is 10.1. The van der Waals surface area contributed by atoms with Gasteiger partial charge in [0, 0.05) is 37.9 Å². The van der Waals surface area contributed by atoms with E-state index >= 15 is 0 Å². The van der Waals surface area contributed by atoms with Crippen molar-refractivity contribution in [2.45, 2.75) is 25.2 Å². The van der Waals surface area contributed by atoms with E-state index in [2.05, 4.69) is 23.7 Å². The smallest absolute Gasteiger partial charge is 0.212 e. The number of rotatable bonds is 3. The summed E-state index contributed by atoms with van der Waals surface area (Å²) >= 11 is 12.2. The molecule has 0 aliphatic rings. The highest BCUT2D eigenvalue weighted by atomic mass is 35.5. The Bertz CT molecular complexity index is 769. The van der Waals surface area contributed by atoms with Gasteiger partial charge in [0.2, 0.25) is 5.95 Å². The van der Waals surface area contributed by atoms with Gasteiger partial charge in [0.05, 0.1) is 0 Å². The Morgan fingerprint density at radius 3 is 2.61 bits per heavy atom. The van der Waals surface area contributed by atoms with Crippen molar-refractivity contribution in [1.29, 1.82) is 0 Å². The van der Waals surface area contributed by atoms with Crippen molar-refractivity contribution in [3.8, 4) is 10.4 Å². The summed E-state index contributed by atoms with van der Waals surface area (Å²) in [5, 5.41) is 0.742. The van der Waals surface area contributed by atoms with Gasteiger partial charge in [0.25, 0.3) is 0 Å². The van der Waals surface area contributed by atoms with Crippen LogP contribution in [0.25, 0.3) is 10.4 Å². The first-order valence-corrected chi connectivity index (χ1v) is 8.94. The summed E-state index contributed by atoms with van der Waals surface area (Å²) in [5.41, 5.74) is 1.97. The average Bonchev–Trinajstić information content (AvgIpc) is 3.02. The first kappa shape index (κ1) is 18.0. The van der Waals surface area contributed by atoms with E-state index in [1.165, 1.54) is 10.9 Å². The van der Waals surface area contributed by atoms with Crippen molar-refractivity contribution in [1.82, 2.24) is 4.98 Å². The molecule has 3 rings (SSSR count). The SMILES string of the molecule is CC.Fc1ccc(-c2ccc(Cc3cc(S)ccc3Cl)s2)cn1. The standard InChI is InChI=1S/C16H11ClFNS2.C2H6/c17-14-4-2-12(20)7-11(14)8-13-3-5-15(21-13)10-1-6-16(18)19-9-10;1-2/h1-7,9,20H,8H2;1-2H3. The Morgan fingerprint density at radius 1 is 1.13 bits per heavy atom. The average molecular weight is 366 g/mol. The zero-order valence-electron chi connectivity index (χ0n) is 12.9. The maximum absolute atomic E-state index is 12.8. The Kier molecular flexibility index (Phi) is 6.63. The molecule has 23 heavy (non-hydrogen) atoms. The Morgan fingerprint density at radius 2 is 1.91 bits per heavy atom. The molecule has 0 N–H and O–H groups in total. The molecule has 0 amide bonds. The number of nitrogens with zero attached hydrogens (tertiary/aromatic N) is 1. The van der Waals surface area contributed by atoms with Gasteiger partial charge in [-0.2, -0.15) is 4.39 Å². The van der Waals surface area contributed by atoms with Gasteiger partial charge in [-0.25, -0.2) is 4.98 Å². The van der Waals surface area contributed by atoms with Crippen LogP contribution in [-0.2, 0) is 6.42 Å². The molecule has 0 atom stereocenters. The number of benzene rings is 1. The fourth-order valence-electron chi connectivity index (χ4n) is 2.03. The van der Waals surface area contributed by atoms with Crippen LogP contribution in [-0.4, -0.2) is 4.98 Å². The van der Waals surface area contributed by atoms with Gasteiger partial charge < -0.3 is 0 Å². The monoisotopic (exact) mass is 365 g/mol. The molecule has 0 spiro atoms. The highest BCUT2D eigenvalue weighted by molar-refractivity contribution is 7.80. The third kappa shape index (κ3) is 4.80. The Balaban J connectivity index is 0.000000924. The van der Waals surface area contributed by atoms with Crippen LogP contribution in [0.15, 0.2) is 53.6 Å². The van der Waals surface area contributed by atoms with Crippen molar-refractivity contribution in [2.75, 3.05) is 0 Å². The van der Waals surface area contributed by atoms with E-state index in [0.717, 1.165) is 32.3 Å². The molecular formula is C18H17ClFNS2. The van der Waals surface area contributed by atoms with E-state index in [9.17, 15) is 4.39 Å². The van der Waals surface area contributed by atoms with Crippen LogP contribution in [0.3, 0.4) is 0 Å². The van der Waals surface area contributed by atoms with Crippen molar-refractivity contribution in [2.24, 2.45) is 0 Å². The molecule has 0 fully saturated rings. The molecular weight excluding hydrogens is 349 g/mol. The van der Waals surface area contributed by atoms with Gasteiger partial charge >= 0.3 is 0 Å². The minimum absolute atomic E-state index is 0.465. The molecule has 2 aromatic heterocycles. The zero-order valence-corrected chi connectivity index (χ0v) is 15.4. The van der Waals surface area contributed by atoms with Crippen LogP contribution in [0.4, 0.5) is 4.39 Å². The first-order valence-electron chi connectivity index (χ1n) is 7.30. The largest absolute Gasteiger partial charge is 0.228 e. The molecule has 5 heteroatoms. The van der Waals surface area contributed by atoms with Crippen LogP contribution in [0, 0.1) is 5.95 Å². The van der Waals surface area contributed by atoms with Gasteiger partial charge in [-0.1, -0.05) is 25.4 Å². The van der Waals surface area contributed by atoms with E-state index in [1.807, 2.05) is 38.1 Å². The number of thiophene rings is 1. The number of thiol groups is 1. The van der Waals surface area contributed by atoms with E-state index in [4.69, 9.17) is 11.6 Å². The quantitative estimate of drug-likeness (QED) is 0.412. The Labute approximate surface area is 150 Å². The highest BCUT2D eigenvalue weighted by Crippen LogP contribution is 2.31. The topological polar surface area (TPSA) is 12.9 Å². The number of aromatic nitrogens is 1. The summed E-state index contributed by atoms with van der Waals surface area (Å²) in [5.74, 6) is -0.465. The van der Waals surface area contributed by atoms with Crippen LogP contribution in [0.5, 0.6) is 0 Å². The minimum Gasteiger partial charge on any atom is -0.228 e. The fraction of sp³-hybridized carbons (Fsp3) is 0.167. The molecule has 0 aliphatic carbocycles. The first-order chi connectivity index (χ1) is 11.1. The summed E-state index contributed by atoms with van der Waals surface area (Å²) in [6.07, 6.45) is 2.30. The minimum atomic E-state index is -0.465. The maximum Gasteiger partial charge on any atom is 0.212 e. The zero-order chi connectivity index (χ0) is 16.8. The molecule has 0 aliphatic heterocycles. The molecule has 1 nitrogen and oxygen atoms in total. The van der Waals surface area contributed by atoms with Gasteiger partial charge in [0.15, 0.2) is 0 Å². The predicted octanol–water partition coefficient (Wildman–Crippen LogP) is 6.51. The van der Waals surface area contributed by atoms with Crippen molar-refractivity contribution in [3.05, 3.63) is 70.1 Å². The Hall–Kier alpha value is -1.36. The van der Waals surface area contributed by atoms with E-state index in [1.54, 1.807) is 23.6 Å². The second-order valence-corrected chi connectivity index (χ2v) is 6.68. The van der Waals surface area contributed by atoms with Crippen molar-refractivity contribution >= 4 is 35.6 Å². The summed E-state index contributed by atoms with van der Waals surface area (Å²) < 4.78 is 12.8. The molecule has 120 valence electrons. The molecule has 0 radical (unpaired) electrons. The lowest BCUT2D eigenvalue weighted by molar-refractivity contribution is 0.584. The lowest BCUT2D eigenvalue weighted by Gasteiger charge is -2.03. The second kappa shape index (κ2) is 8.48. The molecule has 1 aromatic carbocycles. The highest BCUT2D eigenvalue weighted by Gasteiger charge is 2.07. The van der Waals surface area contributed by atoms with Crippen LogP contribution >= 0.6 is 35.6 Å². The molecule has 3 aromatic rings. The number of halogens is 2. The maximum atomic E-state index is 12.8. The molecule has 0 saturated heterocycles. The van der Waals surface area contributed by atoms with E-state index in [-0.39, 0.29) is 0 Å². The second-order valence-electron chi connectivity index (χ2n) is 4.59. The van der Waals surface area contributed by atoms with Gasteiger partial charge in [-0.3, -0.25) is 0 Å². The summed E-state index contributed by atoms with van der Waals surface area (Å²) in [6, 6.07) is 12.9. The third-order valence-electron chi connectivity index (χ3n) is 3.07. The molecule has 0 unspecified atom stereocenters.